The number of H-pyrrole nitrogens is 1. The third-order valence-corrected chi connectivity index (χ3v) is 4.87. The van der Waals surface area contributed by atoms with E-state index in [1.54, 1.807) is 31.8 Å². The van der Waals surface area contributed by atoms with Gasteiger partial charge in [-0.05, 0) is 38.5 Å². The summed E-state index contributed by atoms with van der Waals surface area (Å²) < 4.78 is 6.72. The summed E-state index contributed by atoms with van der Waals surface area (Å²) in [6, 6.07) is 9.63. The maximum atomic E-state index is 12.6. The van der Waals surface area contributed by atoms with E-state index in [4.69, 9.17) is 4.74 Å². The van der Waals surface area contributed by atoms with E-state index in [9.17, 15) is 9.59 Å². The van der Waals surface area contributed by atoms with E-state index < -0.39 is 5.97 Å². The number of thioether (sulfide) groups is 1. The Balaban J connectivity index is 1.69. The van der Waals surface area contributed by atoms with Gasteiger partial charge in [0, 0.05) is 5.69 Å². The summed E-state index contributed by atoms with van der Waals surface area (Å²) in [5.41, 5.74) is 2.99. The van der Waals surface area contributed by atoms with Crippen molar-refractivity contribution in [3.63, 3.8) is 0 Å². The van der Waals surface area contributed by atoms with Gasteiger partial charge in [0.25, 0.3) is 0 Å². The Labute approximate surface area is 161 Å². The van der Waals surface area contributed by atoms with Gasteiger partial charge in [-0.2, -0.15) is 0 Å². The van der Waals surface area contributed by atoms with Crippen molar-refractivity contribution in [3.05, 3.63) is 59.2 Å². The van der Waals surface area contributed by atoms with Crippen LogP contribution in [-0.4, -0.2) is 43.9 Å². The van der Waals surface area contributed by atoms with Gasteiger partial charge in [0.1, 0.15) is 6.33 Å². The Morgan fingerprint density at radius 1 is 1.22 bits per heavy atom. The molecule has 8 heteroatoms. The Morgan fingerprint density at radius 3 is 2.67 bits per heavy atom. The number of rotatable bonds is 7. The molecule has 0 spiro atoms. The third-order valence-electron chi connectivity index (χ3n) is 4.02. The van der Waals surface area contributed by atoms with Gasteiger partial charge in [-0.25, -0.2) is 14.5 Å². The number of nitrogens with zero attached hydrogens (tertiary/aromatic N) is 3. The summed E-state index contributed by atoms with van der Waals surface area (Å²) >= 11 is 1.25. The Hall–Kier alpha value is -2.87. The SMILES string of the molecule is CCOC(=O)c1c(C)[nH]c(C(=O)CSc2ncn(-c3ccccc3)n2)c1C. The van der Waals surface area contributed by atoms with Gasteiger partial charge in [-0.1, -0.05) is 30.0 Å². The molecule has 140 valence electrons. The molecule has 0 unspecified atom stereocenters. The summed E-state index contributed by atoms with van der Waals surface area (Å²) in [5.74, 6) is -0.368. The molecular formula is C19H20N4O3S. The molecule has 0 fully saturated rings. The number of aromatic amines is 1. The molecule has 1 N–H and O–H groups in total. The van der Waals surface area contributed by atoms with Crippen molar-refractivity contribution < 1.29 is 14.3 Å². The number of ether oxygens (including phenoxy) is 1. The van der Waals surface area contributed by atoms with Crippen molar-refractivity contribution in [2.75, 3.05) is 12.4 Å². The molecule has 0 saturated heterocycles. The van der Waals surface area contributed by atoms with E-state index in [1.807, 2.05) is 30.3 Å². The average molecular weight is 384 g/mol. The number of Topliss-reactive ketones (excluding diaryl/α,β-unsaturated/α-hetero) is 1. The van der Waals surface area contributed by atoms with E-state index >= 15 is 0 Å². The van der Waals surface area contributed by atoms with Crippen LogP contribution in [0.2, 0.25) is 0 Å². The van der Waals surface area contributed by atoms with Crippen LogP contribution in [0.25, 0.3) is 5.69 Å². The molecule has 27 heavy (non-hydrogen) atoms. The lowest BCUT2D eigenvalue weighted by Gasteiger charge is -2.02. The fourth-order valence-corrected chi connectivity index (χ4v) is 3.43. The maximum absolute atomic E-state index is 12.6. The lowest BCUT2D eigenvalue weighted by molar-refractivity contribution is 0.0525. The van der Waals surface area contributed by atoms with Gasteiger partial charge in [0.2, 0.25) is 5.16 Å². The van der Waals surface area contributed by atoms with Gasteiger partial charge >= 0.3 is 5.97 Å². The monoisotopic (exact) mass is 384 g/mol. The van der Waals surface area contributed by atoms with Crippen molar-refractivity contribution in [3.8, 4) is 5.69 Å². The molecule has 0 bridgehead atoms. The first-order valence-electron chi connectivity index (χ1n) is 8.50. The third kappa shape index (κ3) is 4.11. The lowest BCUT2D eigenvalue weighted by Crippen LogP contribution is -2.08. The Morgan fingerprint density at radius 2 is 1.96 bits per heavy atom. The average Bonchev–Trinajstić information content (AvgIpc) is 3.25. The number of hydrogen-bond acceptors (Lipinski definition) is 6. The van der Waals surface area contributed by atoms with Crippen molar-refractivity contribution >= 4 is 23.5 Å². The molecule has 3 aromatic rings. The highest BCUT2D eigenvalue weighted by atomic mass is 32.2. The minimum absolute atomic E-state index is 0.118. The predicted molar refractivity (Wildman–Crippen MR) is 103 cm³/mol. The number of carbonyl (C=O) groups excluding carboxylic acids is 2. The molecule has 0 amide bonds. The van der Waals surface area contributed by atoms with E-state index in [1.165, 1.54) is 11.8 Å². The Bertz CT molecular complexity index is 963. The summed E-state index contributed by atoms with van der Waals surface area (Å²) in [7, 11) is 0. The summed E-state index contributed by atoms with van der Waals surface area (Å²) in [6.45, 7) is 5.54. The second kappa shape index (κ2) is 8.22. The maximum Gasteiger partial charge on any atom is 0.340 e. The van der Waals surface area contributed by atoms with Crippen LogP contribution in [0.1, 0.15) is 39.0 Å². The number of hydrogen-bond donors (Lipinski definition) is 1. The molecule has 0 aliphatic carbocycles. The van der Waals surface area contributed by atoms with Crippen LogP contribution in [-0.2, 0) is 4.74 Å². The molecule has 2 heterocycles. The molecule has 3 rings (SSSR count). The molecule has 7 nitrogen and oxygen atoms in total. The van der Waals surface area contributed by atoms with Crippen molar-refractivity contribution in [1.29, 1.82) is 0 Å². The zero-order valence-electron chi connectivity index (χ0n) is 15.4. The quantitative estimate of drug-likeness (QED) is 0.382. The minimum Gasteiger partial charge on any atom is -0.462 e. The van der Waals surface area contributed by atoms with Crippen molar-refractivity contribution in [2.45, 2.75) is 25.9 Å². The number of nitrogens with one attached hydrogen (secondary N) is 1. The number of esters is 1. The molecule has 2 aromatic heterocycles. The molecular weight excluding hydrogens is 364 g/mol. The Kier molecular flexibility index (Phi) is 5.75. The molecule has 0 saturated carbocycles. The van der Waals surface area contributed by atoms with Crippen LogP contribution in [0, 0.1) is 13.8 Å². The van der Waals surface area contributed by atoms with E-state index in [0.29, 0.717) is 27.7 Å². The number of carbonyl (C=O) groups is 2. The number of aryl methyl sites for hydroxylation is 1. The van der Waals surface area contributed by atoms with E-state index in [-0.39, 0.29) is 18.1 Å². The van der Waals surface area contributed by atoms with Crippen LogP contribution < -0.4 is 0 Å². The first kappa shape index (κ1) is 18.9. The van der Waals surface area contributed by atoms with Crippen LogP contribution in [0.15, 0.2) is 41.8 Å². The van der Waals surface area contributed by atoms with Gasteiger partial charge in [-0.3, -0.25) is 4.79 Å². The highest BCUT2D eigenvalue weighted by Gasteiger charge is 2.23. The topological polar surface area (TPSA) is 89.9 Å². The number of para-hydroxylation sites is 1. The second-order valence-electron chi connectivity index (χ2n) is 5.86. The lowest BCUT2D eigenvalue weighted by atomic mass is 10.1. The van der Waals surface area contributed by atoms with Gasteiger partial charge in [-0.15, -0.1) is 5.10 Å². The number of benzene rings is 1. The van der Waals surface area contributed by atoms with Crippen LogP contribution in [0.3, 0.4) is 0 Å². The summed E-state index contributed by atoms with van der Waals surface area (Å²) in [6.07, 6.45) is 1.62. The fourth-order valence-electron chi connectivity index (χ4n) is 2.76. The van der Waals surface area contributed by atoms with Crippen molar-refractivity contribution in [2.24, 2.45) is 0 Å². The fraction of sp³-hybridized carbons (Fsp3) is 0.263. The standard InChI is InChI=1S/C19H20N4O3S/c1-4-26-18(25)16-12(2)17(21-13(16)3)15(24)10-27-19-20-11-23(22-19)14-8-6-5-7-9-14/h5-9,11,21H,4,10H2,1-3H3. The van der Waals surface area contributed by atoms with Crippen LogP contribution in [0.5, 0.6) is 0 Å². The van der Waals surface area contributed by atoms with Crippen LogP contribution >= 0.6 is 11.8 Å². The number of ketones is 1. The van der Waals surface area contributed by atoms with Gasteiger partial charge in [0.05, 0.1) is 29.3 Å². The molecule has 0 aliphatic heterocycles. The van der Waals surface area contributed by atoms with Crippen molar-refractivity contribution in [1.82, 2.24) is 19.7 Å². The van der Waals surface area contributed by atoms with Gasteiger partial charge in [0.15, 0.2) is 5.78 Å². The highest BCUT2D eigenvalue weighted by molar-refractivity contribution is 7.99. The smallest absolute Gasteiger partial charge is 0.340 e. The first-order chi connectivity index (χ1) is 13.0. The van der Waals surface area contributed by atoms with E-state index in [2.05, 4.69) is 15.1 Å². The zero-order valence-corrected chi connectivity index (χ0v) is 16.2. The normalized spacial score (nSPS) is 10.8. The van der Waals surface area contributed by atoms with Crippen LogP contribution in [0.4, 0.5) is 0 Å². The highest BCUT2D eigenvalue weighted by Crippen LogP contribution is 2.22. The largest absolute Gasteiger partial charge is 0.462 e. The second-order valence-corrected chi connectivity index (χ2v) is 6.81. The summed E-state index contributed by atoms with van der Waals surface area (Å²) in [5, 5.41) is 4.89. The van der Waals surface area contributed by atoms with Gasteiger partial charge < -0.3 is 9.72 Å². The molecule has 0 aliphatic rings. The predicted octanol–water partition coefficient (Wildman–Crippen LogP) is 3.36. The minimum atomic E-state index is -0.418. The first-order valence-corrected chi connectivity index (χ1v) is 9.49. The molecule has 1 aromatic carbocycles. The molecule has 0 radical (unpaired) electrons. The van der Waals surface area contributed by atoms with E-state index in [0.717, 1.165) is 5.69 Å². The molecule has 0 atom stereocenters. The number of aromatic nitrogens is 4. The zero-order chi connectivity index (χ0) is 19.4. The summed E-state index contributed by atoms with van der Waals surface area (Å²) in [4.78, 5) is 31.9.